The highest BCUT2D eigenvalue weighted by atomic mass is 19.3. The van der Waals surface area contributed by atoms with E-state index in [-0.39, 0.29) is 5.82 Å². The van der Waals surface area contributed by atoms with Crippen molar-refractivity contribution in [1.82, 2.24) is 4.98 Å². The number of nitrogens with two attached hydrogens (primary N) is 1. The molecule has 0 saturated heterocycles. The van der Waals surface area contributed by atoms with E-state index in [9.17, 15) is 18.9 Å². The van der Waals surface area contributed by atoms with Crippen LogP contribution in [0.15, 0.2) is 12.3 Å². The van der Waals surface area contributed by atoms with E-state index in [1.807, 2.05) is 0 Å². The zero-order valence-corrected chi connectivity index (χ0v) is 6.68. The predicted molar refractivity (Wildman–Crippen MR) is 41.9 cm³/mol. The molecule has 14 heavy (non-hydrogen) atoms. The largest absolute Gasteiger partial charge is 0.427 e. The smallest absolute Gasteiger partial charge is 0.387 e. The molecule has 0 bridgehead atoms. The molecule has 0 amide bonds. The summed E-state index contributed by atoms with van der Waals surface area (Å²) in [6.45, 7) is -3.14. The number of nitrogens with zero attached hydrogens (tertiary/aromatic N) is 2. The maximum atomic E-state index is 11.8. The van der Waals surface area contributed by atoms with Gasteiger partial charge in [0.2, 0.25) is 5.75 Å². The Balaban J connectivity index is 3.09. The van der Waals surface area contributed by atoms with Crippen LogP contribution >= 0.6 is 0 Å². The number of nitrogen functional groups attached to an aromatic ring is 1. The van der Waals surface area contributed by atoms with Gasteiger partial charge in [-0.3, -0.25) is 10.1 Å². The summed E-state index contributed by atoms with van der Waals surface area (Å²) in [6, 6.07) is 0.865. The minimum Gasteiger partial charge on any atom is -0.427 e. The molecule has 0 spiro atoms. The minimum absolute atomic E-state index is 0.133. The number of nitro groups is 1. The Morgan fingerprint density at radius 1 is 1.64 bits per heavy atom. The Labute approximate surface area is 76.5 Å². The van der Waals surface area contributed by atoms with Crippen LogP contribution in [0.3, 0.4) is 0 Å². The molecular weight excluding hydrogens is 200 g/mol. The average Bonchev–Trinajstić information content (AvgIpc) is 2.01. The highest BCUT2D eigenvalue weighted by molar-refractivity contribution is 5.50. The van der Waals surface area contributed by atoms with E-state index >= 15 is 0 Å². The monoisotopic (exact) mass is 205 g/mol. The number of ether oxygens (including phenoxy) is 1. The summed E-state index contributed by atoms with van der Waals surface area (Å²) in [6.07, 6.45) is 0.757. The molecule has 0 aliphatic carbocycles. The van der Waals surface area contributed by atoms with Crippen molar-refractivity contribution in [1.29, 1.82) is 0 Å². The number of hydrogen-bond donors (Lipinski definition) is 1. The molecule has 0 atom stereocenters. The lowest BCUT2D eigenvalue weighted by atomic mass is 10.4. The van der Waals surface area contributed by atoms with Gasteiger partial charge in [-0.25, -0.2) is 4.98 Å². The fourth-order valence-corrected chi connectivity index (χ4v) is 0.772. The van der Waals surface area contributed by atoms with Gasteiger partial charge in [-0.15, -0.1) is 0 Å². The highest BCUT2D eigenvalue weighted by Crippen LogP contribution is 2.28. The lowest BCUT2D eigenvalue weighted by molar-refractivity contribution is -0.386. The Bertz CT molecular complexity index is 358. The summed E-state index contributed by atoms with van der Waals surface area (Å²) in [7, 11) is 0. The summed E-state index contributed by atoms with van der Waals surface area (Å²) < 4.78 is 27.5. The van der Waals surface area contributed by atoms with E-state index in [1.165, 1.54) is 0 Å². The average molecular weight is 205 g/mol. The lowest BCUT2D eigenvalue weighted by Gasteiger charge is -2.04. The maximum Gasteiger partial charge on any atom is 0.387 e. The van der Waals surface area contributed by atoms with Crippen molar-refractivity contribution >= 4 is 11.5 Å². The summed E-state index contributed by atoms with van der Waals surface area (Å²) >= 11 is 0. The molecule has 1 aromatic heterocycles. The van der Waals surface area contributed by atoms with Gasteiger partial charge in [0.25, 0.3) is 0 Å². The number of anilines is 1. The summed E-state index contributed by atoms with van der Waals surface area (Å²) in [5.74, 6) is -0.733. The third kappa shape index (κ3) is 2.25. The fraction of sp³-hybridized carbons (Fsp3) is 0.167. The van der Waals surface area contributed by atoms with Gasteiger partial charge in [0.1, 0.15) is 12.0 Å². The van der Waals surface area contributed by atoms with E-state index in [0.717, 1.165) is 12.3 Å². The molecule has 0 saturated carbocycles. The molecule has 0 fully saturated rings. The zero-order valence-electron chi connectivity index (χ0n) is 6.68. The van der Waals surface area contributed by atoms with Crippen LogP contribution in [-0.2, 0) is 0 Å². The molecule has 0 aromatic carbocycles. The summed E-state index contributed by atoms with van der Waals surface area (Å²) in [5, 5.41) is 10.3. The number of hydrogen-bond acceptors (Lipinski definition) is 5. The number of pyridine rings is 1. The molecule has 0 unspecified atom stereocenters. The first-order valence-electron chi connectivity index (χ1n) is 3.35. The van der Waals surface area contributed by atoms with E-state index in [1.54, 1.807) is 0 Å². The Kier molecular flexibility index (Phi) is 2.75. The normalized spacial score (nSPS) is 10.2. The van der Waals surface area contributed by atoms with Crippen molar-refractivity contribution in [3.8, 4) is 5.75 Å². The van der Waals surface area contributed by atoms with Crippen LogP contribution in [-0.4, -0.2) is 16.5 Å². The van der Waals surface area contributed by atoms with Crippen LogP contribution in [0.1, 0.15) is 0 Å². The first-order valence-corrected chi connectivity index (χ1v) is 3.35. The maximum absolute atomic E-state index is 11.8. The van der Waals surface area contributed by atoms with Gasteiger partial charge in [-0.1, -0.05) is 0 Å². The first-order chi connectivity index (χ1) is 6.50. The van der Waals surface area contributed by atoms with Gasteiger partial charge in [0.15, 0.2) is 0 Å². The molecule has 1 heterocycles. The van der Waals surface area contributed by atoms with E-state index in [0.29, 0.717) is 0 Å². The van der Waals surface area contributed by atoms with E-state index < -0.39 is 23.0 Å². The van der Waals surface area contributed by atoms with Crippen molar-refractivity contribution in [2.24, 2.45) is 0 Å². The van der Waals surface area contributed by atoms with Crippen molar-refractivity contribution in [3.63, 3.8) is 0 Å². The van der Waals surface area contributed by atoms with Crippen LogP contribution in [0.25, 0.3) is 0 Å². The quantitative estimate of drug-likeness (QED) is 0.590. The van der Waals surface area contributed by atoms with Gasteiger partial charge in [-0.2, -0.15) is 8.78 Å². The molecule has 1 rings (SSSR count). The number of alkyl halides is 2. The van der Waals surface area contributed by atoms with Crippen molar-refractivity contribution in [2.45, 2.75) is 6.61 Å². The van der Waals surface area contributed by atoms with Gasteiger partial charge >= 0.3 is 12.3 Å². The second-order valence-corrected chi connectivity index (χ2v) is 2.21. The topological polar surface area (TPSA) is 91.3 Å². The minimum atomic E-state index is -3.14. The second kappa shape index (κ2) is 3.81. The van der Waals surface area contributed by atoms with Crippen molar-refractivity contribution < 1.29 is 18.4 Å². The molecule has 76 valence electrons. The molecule has 6 nitrogen and oxygen atoms in total. The van der Waals surface area contributed by atoms with Crippen molar-refractivity contribution in [2.75, 3.05) is 5.73 Å². The number of rotatable bonds is 3. The summed E-state index contributed by atoms with van der Waals surface area (Å²) in [4.78, 5) is 12.8. The first kappa shape index (κ1) is 10.1. The van der Waals surface area contributed by atoms with Crippen LogP contribution in [0.5, 0.6) is 5.75 Å². The number of halogens is 2. The van der Waals surface area contributed by atoms with Crippen LogP contribution in [0.4, 0.5) is 20.3 Å². The third-order valence-corrected chi connectivity index (χ3v) is 1.28. The van der Waals surface area contributed by atoms with Gasteiger partial charge in [0.05, 0.1) is 4.92 Å². The third-order valence-electron chi connectivity index (χ3n) is 1.28. The van der Waals surface area contributed by atoms with Crippen LogP contribution in [0.2, 0.25) is 0 Å². The van der Waals surface area contributed by atoms with E-state index in [2.05, 4.69) is 9.72 Å². The SMILES string of the molecule is Nc1cc(OC(F)F)c([N+](=O)[O-])cn1. The van der Waals surface area contributed by atoms with Gasteiger partial charge in [0, 0.05) is 6.07 Å². The predicted octanol–water partition coefficient (Wildman–Crippen LogP) is 1.17. The molecule has 8 heteroatoms. The highest BCUT2D eigenvalue weighted by Gasteiger charge is 2.19. The molecule has 0 aliphatic heterocycles. The van der Waals surface area contributed by atoms with Crippen LogP contribution < -0.4 is 10.5 Å². The Morgan fingerprint density at radius 2 is 2.29 bits per heavy atom. The molecule has 1 aromatic rings. The molecule has 2 N–H and O–H groups in total. The lowest BCUT2D eigenvalue weighted by Crippen LogP contribution is -2.05. The van der Waals surface area contributed by atoms with Gasteiger partial charge < -0.3 is 10.5 Å². The van der Waals surface area contributed by atoms with Gasteiger partial charge in [-0.05, 0) is 0 Å². The fourth-order valence-electron chi connectivity index (χ4n) is 0.772. The van der Waals surface area contributed by atoms with E-state index in [4.69, 9.17) is 5.73 Å². The summed E-state index contributed by atoms with van der Waals surface area (Å²) in [5.41, 5.74) is 4.49. The molecule has 0 radical (unpaired) electrons. The molecular formula is C6H5F2N3O3. The van der Waals surface area contributed by atoms with Crippen LogP contribution in [0, 0.1) is 10.1 Å². The van der Waals surface area contributed by atoms with Crippen molar-refractivity contribution in [3.05, 3.63) is 22.4 Å². The zero-order chi connectivity index (χ0) is 10.7. The second-order valence-electron chi connectivity index (χ2n) is 2.21. The Morgan fingerprint density at radius 3 is 2.79 bits per heavy atom. The Hall–Kier alpha value is -1.99. The standard InChI is InChI=1S/C6H5F2N3O3/c7-6(8)14-4-1-5(9)10-2-3(4)11(12)13/h1-2,6H,(H2,9,10). The number of aromatic nitrogens is 1. The molecule has 0 aliphatic rings.